The average Bonchev–Trinajstić information content (AvgIpc) is 2.51. The van der Waals surface area contributed by atoms with Crippen molar-refractivity contribution < 1.29 is 13.9 Å². The van der Waals surface area contributed by atoms with Crippen molar-refractivity contribution in [2.24, 2.45) is 0 Å². The van der Waals surface area contributed by atoms with Crippen molar-refractivity contribution in [2.75, 3.05) is 11.1 Å². The first-order chi connectivity index (χ1) is 11.4. The summed E-state index contributed by atoms with van der Waals surface area (Å²) in [5, 5.41) is 3.17. The zero-order valence-corrected chi connectivity index (χ0v) is 15.1. The fourth-order valence-electron chi connectivity index (χ4n) is 1.98. The molecule has 24 heavy (non-hydrogen) atoms. The van der Waals surface area contributed by atoms with Crippen molar-refractivity contribution >= 4 is 35.0 Å². The van der Waals surface area contributed by atoms with E-state index in [4.69, 9.17) is 16.3 Å². The Balaban J connectivity index is 1.78. The molecule has 0 aliphatic carbocycles. The van der Waals surface area contributed by atoms with Gasteiger partial charge in [-0.2, -0.15) is 0 Å². The molecule has 2 rings (SSSR count). The van der Waals surface area contributed by atoms with Gasteiger partial charge >= 0.3 is 0 Å². The Morgan fingerprint density at radius 2 is 1.96 bits per heavy atom. The minimum absolute atomic E-state index is 0.107. The van der Waals surface area contributed by atoms with Crippen molar-refractivity contribution in [2.45, 2.75) is 25.7 Å². The van der Waals surface area contributed by atoms with E-state index in [0.29, 0.717) is 22.0 Å². The smallest absolute Gasteiger partial charge is 0.234 e. The summed E-state index contributed by atoms with van der Waals surface area (Å²) in [5.74, 6) is 0.933. The number of nitrogens with one attached hydrogen (secondary N) is 1. The Hall–Kier alpha value is -1.72. The minimum Gasteiger partial charge on any atom is -0.491 e. The summed E-state index contributed by atoms with van der Waals surface area (Å²) in [6.07, 6.45) is 0.107. The molecule has 0 spiro atoms. The van der Waals surface area contributed by atoms with Gasteiger partial charge in [0.1, 0.15) is 11.6 Å². The molecule has 2 aromatic rings. The Labute approximate surface area is 150 Å². The summed E-state index contributed by atoms with van der Waals surface area (Å²) in [7, 11) is 0. The predicted octanol–water partition coefficient (Wildman–Crippen LogP) is 5.14. The third kappa shape index (κ3) is 6.06. The molecule has 0 fully saturated rings. The molecule has 128 valence electrons. The van der Waals surface area contributed by atoms with Gasteiger partial charge in [0.05, 0.1) is 11.9 Å². The highest BCUT2D eigenvalue weighted by Crippen LogP contribution is 2.20. The molecule has 0 atom stereocenters. The third-order valence-corrected chi connectivity index (χ3v) is 4.23. The monoisotopic (exact) mass is 367 g/mol. The van der Waals surface area contributed by atoms with Crippen LogP contribution in [0.1, 0.15) is 19.4 Å². The molecule has 0 aliphatic heterocycles. The molecular formula is C18H19ClFNO2S. The van der Waals surface area contributed by atoms with Gasteiger partial charge in [0.25, 0.3) is 0 Å². The standard InChI is InChI=1S/C18H19ClFNO2S/c1-12(2)23-16-7-5-15(6-8-16)21-18(22)11-24-10-13-3-4-14(19)9-17(13)20/h3-9,12H,10-11H2,1-2H3,(H,21,22). The van der Waals surface area contributed by atoms with Crippen LogP contribution in [0.5, 0.6) is 5.75 Å². The second-order valence-corrected chi connectivity index (χ2v) is 6.89. The number of halogens is 2. The Morgan fingerprint density at radius 1 is 1.25 bits per heavy atom. The van der Waals surface area contributed by atoms with E-state index < -0.39 is 0 Å². The lowest BCUT2D eigenvalue weighted by Gasteiger charge is -2.10. The van der Waals surface area contributed by atoms with Gasteiger partial charge in [-0.3, -0.25) is 4.79 Å². The molecule has 0 saturated carbocycles. The zero-order valence-electron chi connectivity index (χ0n) is 13.5. The molecule has 1 amide bonds. The maximum absolute atomic E-state index is 13.6. The van der Waals surface area contributed by atoms with Gasteiger partial charge in [-0.25, -0.2) is 4.39 Å². The minimum atomic E-state index is -0.351. The number of thioether (sulfide) groups is 1. The quantitative estimate of drug-likeness (QED) is 0.736. The number of benzene rings is 2. The van der Waals surface area contributed by atoms with Gasteiger partial charge in [0.15, 0.2) is 0 Å². The van der Waals surface area contributed by atoms with Crippen molar-refractivity contribution in [3.8, 4) is 5.75 Å². The molecule has 3 nitrogen and oxygen atoms in total. The second kappa shape index (κ2) is 8.94. The van der Waals surface area contributed by atoms with Crippen molar-refractivity contribution in [3.63, 3.8) is 0 Å². The van der Waals surface area contributed by atoms with Gasteiger partial charge in [-0.15, -0.1) is 11.8 Å². The van der Waals surface area contributed by atoms with Gasteiger partial charge < -0.3 is 10.1 Å². The molecule has 1 N–H and O–H groups in total. The second-order valence-electron chi connectivity index (χ2n) is 5.47. The Morgan fingerprint density at radius 3 is 2.58 bits per heavy atom. The number of ether oxygens (including phenoxy) is 1. The van der Waals surface area contributed by atoms with E-state index in [1.54, 1.807) is 24.3 Å². The van der Waals surface area contributed by atoms with Crippen LogP contribution in [-0.2, 0) is 10.5 Å². The highest BCUT2D eigenvalue weighted by molar-refractivity contribution is 7.99. The zero-order chi connectivity index (χ0) is 17.5. The lowest BCUT2D eigenvalue weighted by molar-refractivity contribution is -0.113. The lowest BCUT2D eigenvalue weighted by atomic mass is 10.2. The molecule has 0 unspecified atom stereocenters. The van der Waals surface area contributed by atoms with Crippen LogP contribution in [0, 0.1) is 5.82 Å². The SMILES string of the molecule is CC(C)Oc1ccc(NC(=O)CSCc2ccc(Cl)cc2F)cc1. The van der Waals surface area contributed by atoms with E-state index in [2.05, 4.69) is 5.32 Å². The van der Waals surface area contributed by atoms with E-state index >= 15 is 0 Å². The van der Waals surface area contributed by atoms with Crippen LogP contribution in [-0.4, -0.2) is 17.8 Å². The van der Waals surface area contributed by atoms with Crippen LogP contribution < -0.4 is 10.1 Å². The van der Waals surface area contributed by atoms with Gasteiger partial charge in [-0.05, 0) is 55.8 Å². The van der Waals surface area contributed by atoms with Crippen LogP contribution in [0.25, 0.3) is 0 Å². The molecular weight excluding hydrogens is 349 g/mol. The summed E-state index contributed by atoms with van der Waals surface area (Å²) in [6.45, 7) is 3.91. The summed E-state index contributed by atoms with van der Waals surface area (Å²) < 4.78 is 19.2. The van der Waals surface area contributed by atoms with Crippen LogP contribution >= 0.6 is 23.4 Å². The summed E-state index contributed by atoms with van der Waals surface area (Å²) in [5.41, 5.74) is 1.24. The van der Waals surface area contributed by atoms with E-state index in [1.807, 2.05) is 26.0 Å². The number of hydrogen-bond acceptors (Lipinski definition) is 3. The van der Waals surface area contributed by atoms with Crippen LogP contribution in [0.4, 0.5) is 10.1 Å². The molecule has 2 aromatic carbocycles. The normalized spacial score (nSPS) is 10.7. The average molecular weight is 368 g/mol. The van der Waals surface area contributed by atoms with E-state index in [9.17, 15) is 9.18 Å². The van der Waals surface area contributed by atoms with Crippen molar-refractivity contribution in [3.05, 3.63) is 58.9 Å². The third-order valence-electron chi connectivity index (χ3n) is 3.02. The summed E-state index contributed by atoms with van der Waals surface area (Å²) in [6, 6.07) is 11.8. The Bertz CT molecular complexity index is 692. The number of carbonyl (C=O) groups excluding carboxylic acids is 1. The number of rotatable bonds is 7. The number of carbonyl (C=O) groups is 1. The number of hydrogen-bond donors (Lipinski definition) is 1. The largest absolute Gasteiger partial charge is 0.491 e. The first-order valence-corrected chi connectivity index (χ1v) is 9.05. The molecule has 0 heterocycles. The molecule has 0 aromatic heterocycles. The van der Waals surface area contributed by atoms with E-state index in [0.717, 1.165) is 5.75 Å². The lowest BCUT2D eigenvalue weighted by Crippen LogP contribution is -2.14. The number of anilines is 1. The number of amides is 1. The van der Waals surface area contributed by atoms with E-state index in [-0.39, 0.29) is 23.6 Å². The van der Waals surface area contributed by atoms with Crippen LogP contribution in [0.2, 0.25) is 5.02 Å². The topological polar surface area (TPSA) is 38.3 Å². The molecule has 0 aliphatic rings. The maximum atomic E-state index is 13.6. The van der Waals surface area contributed by atoms with Gasteiger partial charge in [0.2, 0.25) is 5.91 Å². The highest BCUT2D eigenvalue weighted by atomic mass is 35.5. The predicted molar refractivity (Wildman–Crippen MR) is 98.4 cm³/mol. The summed E-state index contributed by atoms with van der Waals surface area (Å²) >= 11 is 7.06. The van der Waals surface area contributed by atoms with Gasteiger partial charge in [-0.1, -0.05) is 17.7 Å². The molecule has 0 radical (unpaired) electrons. The maximum Gasteiger partial charge on any atom is 0.234 e. The van der Waals surface area contributed by atoms with Crippen LogP contribution in [0.3, 0.4) is 0 Å². The molecule has 0 bridgehead atoms. The van der Waals surface area contributed by atoms with E-state index in [1.165, 1.54) is 17.8 Å². The first kappa shape index (κ1) is 18.6. The Kier molecular flexibility index (Phi) is 6.94. The van der Waals surface area contributed by atoms with Crippen LogP contribution in [0.15, 0.2) is 42.5 Å². The fourth-order valence-corrected chi connectivity index (χ4v) is 2.95. The molecule has 0 saturated heterocycles. The van der Waals surface area contributed by atoms with Crippen molar-refractivity contribution in [1.29, 1.82) is 0 Å². The summed E-state index contributed by atoms with van der Waals surface area (Å²) in [4.78, 5) is 11.9. The van der Waals surface area contributed by atoms with Crippen molar-refractivity contribution in [1.82, 2.24) is 0 Å². The highest BCUT2D eigenvalue weighted by Gasteiger charge is 2.07. The molecule has 6 heteroatoms. The first-order valence-electron chi connectivity index (χ1n) is 7.52. The van der Waals surface area contributed by atoms with Gasteiger partial charge in [0, 0.05) is 16.5 Å². The fraction of sp³-hybridized carbons (Fsp3) is 0.278.